The summed E-state index contributed by atoms with van der Waals surface area (Å²) in [5.41, 5.74) is 0.716. The molecule has 1 heterocycles. The molecule has 0 spiro atoms. The summed E-state index contributed by atoms with van der Waals surface area (Å²) >= 11 is 0. The molecule has 0 aromatic heterocycles. The van der Waals surface area contributed by atoms with Crippen LogP contribution in [0.3, 0.4) is 0 Å². The molecule has 1 atom stereocenters. The van der Waals surface area contributed by atoms with Crippen molar-refractivity contribution in [2.24, 2.45) is 0 Å². The van der Waals surface area contributed by atoms with Crippen LogP contribution in [0.1, 0.15) is 37.7 Å². The Hall–Kier alpha value is -1.17. The Morgan fingerprint density at radius 3 is 2.71 bits per heavy atom. The van der Waals surface area contributed by atoms with Crippen molar-refractivity contribution in [3.8, 4) is 5.75 Å². The van der Waals surface area contributed by atoms with Gasteiger partial charge in [-0.05, 0) is 25.3 Å². The molecule has 4 nitrogen and oxygen atoms in total. The minimum Gasteiger partial charge on any atom is -0.497 e. The Morgan fingerprint density at radius 1 is 1.25 bits per heavy atom. The number of piperazine rings is 1. The van der Waals surface area contributed by atoms with E-state index in [0.717, 1.165) is 26.1 Å². The standard InChI is InChI=1S/C19H29FN2O2/c1-24-18-7-6-15(19(20)12-18)13-21-9-10-22(16-4-2-3-5-16)17(14-21)8-11-23/h6-7,12,16-17,23H,2-5,8-11,13-14H2,1H3/t17-/m0/s1. The van der Waals surface area contributed by atoms with Crippen molar-refractivity contribution >= 4 is 0 Å². The van der Waals surface area contributed by atoms with E-state index in [-0.39, 0.29) is 12.4 Å². The van der Waals surface area contributed by atoms with E-state index in [9.17, 15) is 9.50 Å². The maximum atomic E-state index is 14.2. The number of halogens is 1. The molecular formula is C19H29FN2O2. The molecule has 1 aromatic rings. The number of aliphatic hydroxyl groups excluding tert-OH is 1. The van der Waals surface area contributed by atoms with Crippen molar-refractivity contribution in [3.63, 3.8) is 0 Å². The summed E-state index contributed by atoms with van der Waals surface area (Å²) in [6, 6.07) is 6.15. The van der Waals surface area contributed by atoms with Gasteiger partial charge >= 0.3 is 0 Å². The molecule has 0 unspecified atom stereocenters. The second-order valence-electron chi connectivity index (χ2n) is 7.03. The summed E-state index contributed by atoms with van der Waals surface area (Å²) in [4.78, 5) is 4.92. The highest BCUT2D eigenvalue weighted by Crippen LogP contribution is 2.28. The van der Waals surface area contributed by atoms with E-state index in [2.05, 4.69) is 9.80 Å². The zero-order valence-electron chi connectivity index (χ0n) is 14.6. The Bertz CT molecular complexity index is 534. The highest BCUT2D eigenvalue weighted by Gasteiger charge is 2.33. The van der Waals surface area contributed by atoms with Crippen molar-refractivity contribution in [1.82, 2.24) is 9.80 Å². The number of hydrogen-bond acceptors (Lipinski definition) is 4. The maximum Gasteiger partial charge on any atom is 0.131 e. The quantitative estimate of drug-likeness (QED) is 0.866. The van der Waals surface area contributed by atoms with E-state index in [1.54, 1.807) is 7.11 Å². The van der Waals surface area contributed by atoms with Gasteiger partial charge in [0.2, 0.25) is 0 Å². The topological polar surface area (TPSA) is 35.9 Å². The van der Waals surface area contributed by atoms with Crippen molar-refractivity contribution in [1.29, 1.82) is 0 Å². The lowest BCUT2D eigenvalue weighted by atomic mass is 10.0. The third kappa shape index (κ3) is 4.08. The van der Waals surface area contributed by atoms with E-state index < -0.39 is 0 Å². The lowest BCUT2D eigenvalue weighted by Crippen LogP contribution is -2.56. The minimum atomic E-state index is -0.203. The minimum absolute atomic E-state index is 0.203. The average Bonchev–Trinajstić information content (AvgIpc) is 3.11. The predicted molar refractivity (Wildman–Crippen MR) is 92.7 cm³/mol. The number of benzene rings is 1. The average molecular weight is 336 g/mol. The summed E-state index contributed by atoms with van der Waals surface area (Å²) < 4.78 is 19.3. The van der Waals surface area contributed by atoms with Crippen LogP contribution in [-0.4, -0.2) is 60.3 Å². The molecule has 0 radical (unpaired) electrons. The van der Waals surface area contributed by atoms with Crippen LogP contribution < -0.4 is 4.74 Å². The number of ether oxygens (including phenoxy) is 1. The third-order valence-electron chi connectivity index (χ3n) is 5.52. The van der Waals surface area contributed by atoms with Crippen molar-refractivity contribution in [2.45, 2.75) is 50.7 Å². The first-order chi connectivity index (χ1) is 11.7. The molecule has 0 amide bonds. The van der Waals surface area contributed by atoms with Crippen molar-refractivity contribution in [2.75, 3.05) is 33.4 Å². The Morgan fingerprint density at radius 2 is 2.04 bits per heavy atom. The fourth-order valence-electron chi connectivity index (χ4n) is 4.22. The molecule has 1 aliphatic heterocycles. The molecule has 24 heavy (non-hydrogen) atoms. The van der Waals surface area contributed by atoms with E-state index in [4.69, 9.17) is 4.74 Å². The molecule has 1 aliphatic carbocycles. The van der Waals surface area contributed by atoms with Gasteiger partial charge in [0.1, 0.15) is 11.6 Å². The van der Waals surface area contributed by atoms with Crippen LogP contribution in [0, 0.1) is 5.82 Å². The molecule has 3 rings (SSSR count). The SMILES string of the molecule is COc1ccc(CN2CCN(C3CCCC3)[C@@H](CCO)C2)c(F)c1. The molecule has 1 N–H and O–H groups in total. The fourth-order valence-corrected chi connectivity index (χ4v) is 4.22. The van der Waals surface area contributed by atoms with E-state index in [0.29, 0.717) is 29.9 Å². The van der Waals surface area contributed by atoms with Crippen molar-refractivity contribution in [3.05, 3.63) is 29.6 Å². The normalized spacial score (nSPS) is 23.7. The van der Waals surface area contributed by atoms with Gasteiger partial charge < -0.3 is 9.84 Å². The van der Waals surface area contributed by atoms with Gasteiger partial charge in [0.15, 0.2) is 0 Å². The Labute approximate surface area is 144 Å². The van der Waals surface area contributed by atoms with Gasteiger partial charge in [-0.3, -0.25) is 9.80 Å². The van der Waals surface area contributed by atoms with Gasteiger partial charge in [0, 0.05) is 56.5 Å². The van der Waals surface area contributed by atoms with E-state index in [1.165, 1.54) is 31.7 Å². The number of hydrogen-bond donors (Lipinski definition) is 1. The summed E-state index contributed by atoms with van der Waals surface area (Å²) in [5, 5.41) is 9.44. The molecule has 2 fully saturated rings. The van der Waals surface area contributed by atoms with Crippen LogP contribution >= 0.6 is 0 Å². The van der Waals surface area contributed by atoms with Gasteiger partial charge in [0.25, 0.3) is 0 Å². The molecular weight excluding hydrogens is 307 g/mol. The largest absolute Gasteiger partial charge is 0.497 e. The monoisotopic (exact) mass is 336 g/mol. The van der Waals surface area contributed by atoms with Gasteiger partial charge in [-0.2, -0.15) is 0 Å². The number of aliphatic hydroxyl groups is 1. The molecule has 2 aliphatic rings. The van der Waals surface area contributed by atoms with Crippen LogP contribution in [0.25, 0.3) is 0 Å². The first-order valence-corrected chi connectivity index (χ1v) is 9.12. The lowest BCUT2D eigenvalue weighted by Gasteiger charge is -2.44. The highest BCUT2D eigenvalue weighted by atomic mass is 19.1. The predicted octanol–water partition coefficient (Wildman–Crippen LogP) is 2.65. The summed E-state index contributed by atoms with van der Waals surface area (Å²) in [6.07, 6.45) is 6.03. The second-order valence-corrected chi connectivity index (χ2v) is 7.03. The molecule has 1 saturated carbocycles. The van der Waals surface area contributed by atoms with Crippen LogP contribution in [-0.2, 0) is 6.54 Å². The highest BCUT2D eigenvalue weighted by molar-refractivity contribution is 5.28. The fraction of sp³-hybridized carbons (Fsp3) is 0.684. The van der Waals surface area contributed by atoms with E-state index in [1.807, 2.05) is 12.1 Å². The molecule has 1 aromatic carbocycles. The zero-order chi connectivity index (χ0) is 16.9. The zero-order valence-corrected chi connectivity index (χ0v) is 14.6. The molecule has 0 bridgehead atoms. The molecule has 134 valence electrons. The molecule has 5 heteroatoms. The number of rotatable bonds is 6. The van der Waals surface area contributed by atoms with Crippen LogP contribution in [0.2, 0.25) is 0 Å². The number of nitrogens with zero attached hydrogens (tertiary/aromatic N) is 2. The van der Waals surface area contributed by atoms with Crippen LogP contribution in [0.15, 0.2) is 18.2 Å². The van der Waals surface area contributed by atoms with E-state index >= 15 is 0 Å². The van der Waals surface area contributed by atoms with Gasteiger partial charge in [0.05, 0.1) is 7.11 Å². The second kappa shape index (κ2) is 8.28. The first-order valence-electron chi connectivity index (χ1n) is 9.12. The maximum absolute atomic E-state index is 14.2. The smallest absolute Gasteiger partial charge is 0.131 e. The Kier molecular flexibility index (Phi) is 6.09. The first kappa shape index (κ1) is 17.6. The summed E-state index contributed by atoms with van der Waals surface area (Å²) in [5.74, 6) is 0.353. The van der Waals surface area contributed by atoms with Gasteiger partial charge in [-0.1, -0.05) is 18.9 Å². The Balaban J connectivity index is 1.63. The number of methoxy groups -OCH3 is 1. The van der Waals surface area contributed by atoms with Crippen LogP contribution in [0.5, 0.6) is 5.75 Å². The van der Waals surface area contributed by atoms with Gasteiger partial charge in [-0.15, -0.1) is 0 Å². The molecule has 1 saturated heterocycles. The summed E-state index contributed by atoms with van der Waals surface area (Å²) in [7, 11) is 1.55. The van der Waals surface area contributed by atoms with Crippen molar-refractivity contribution < 1.29 is 14.2 Å². The summed E-state index contributed by atoms with van der Waals surface area (Å²) in [6.45, 7) is 3.73. The lowest BCUT2D eigenvalue weighted by molar-refractivity contribution is 0.0263. The van der Waals surface area contributed by atoms with Gasteiger partial charge in [-0.25, -0.2) is 4.39 Å². The van der Waals surface area contributed by atoms with Crippen LogP contribution in [0.4, 0.5) is 4.39 Å². The third-order valence-corrected chi connectivity index (χ3v) is 5.52.